The minimum atomic E-state index is -0.229. The molecule has 1 amide bonds. The SMILES string of the molecule is COCC(C)NC(=O)COc1ccc(N)cc1Cl. The maximum atomic E-state index is 11.5. The minimum absolute atomic E-state index is 0.0620. The van der Waals surface area contributed by atoms with Gasteiger partial charge in [0.15, 0.2) is 6.61 Å². The van der Waals surface area contributed by atoms with Gasteiger partial charge in [-0.1, -0.05) is 11.6 Å². The molecule has 0 fully saturated rings. The van der Waals surface area contributed by atoms with Crippen molar-refractivity contribution < 1.29 is 14.3 Å². The van der Waals surface area contributed by atoms with E-state index in [-0.39, 0.29) is 18.6 Å². The van der Waals surface area contributed by atoms with Crippen LogP contribution in [0.2, 0.25) is 5.02 Å². The molecule has 0 aliphatic rings. The Morgan fingerprint density at radius 1 is 1.56 bits per heavy atom. The highest BCUT2D eigenvalue weighted by Crippen LogP contribution is 2.26. The van der Waals surface area contributed by atoms with Gasteiger partial charge in [-0.3, -0.25) is 4.79 Å². The zero-order chi connectivity index (χ0) is 13.5. The van der Waals surface area contributed by atoms with Crippen molar-refractivity contribution in [3.8, 4) is 5.75 Å². The fourth-order valence-corrected chi connectivity index (χ4v) is 1.63. The van der Waals surface area contributed by atoms with E-state index in [2.05, 4.69) is 5.32 Å². The van der Waals surface area contributed by atoms with Crippen LogP contribution in [0.15, 0.2) is 18.2 Å². The average Bonchev–Trinajstić information content (AvgIpc) is 2.28. The number of nitrogen functional groups attached to an aromatic ring is 1. The average molecular weight is 273 g/mol. The molecule has 100 valence electrons. The Bertz CT molecular complexity index is 412. The predicted molar refractivity (Wildman–Crippen MR) is 70.8 cm³/mol. The molecule has 18 heavy (non-hydrogen) atoms. The zero-order valence-electron chi connectivity index (χ0n) is 10.4. The van der Waals surface area contributed by atoms with Crippen LogP contribution in [0.4, 0.5) is 5.69 Å². The first-order valence-corrected chi connectivity index (χ1v) is 5.87. The number of hydrogen-bond acceptors (Lipinski definition) is 4. The molecule has 0 aliphatic heterocycles. The monoisotopic (exact) mass is 272 g/mol. The largest absolute Gasteiger partial charge is 0.482 e. The molecule has 0 aromatic heterocycles. The van der Waals surface area contributed by atoms with Crippen molar-refractivity contribution in [1.82, 2.24) is 5.32 Å². The van der Waals surface area contributed by atoms with Crippen LogP contribution in [0.3, 0.4) is 0 Å². The first-order chi connectivity index (χ1) is 8.52. The molecular formula is C12H17ClN2O3. The van der Waals surface area contributed by atoms with E-state index in [4.69, 9.17) is 26.8 Å². The molecule has 0 saturated heterocycles. The summed E-state index contributed by atoms with van der Waals surface area (Å²) in [5.74, 6) is 0.202. The molecule has 1 aromatic rings. The summed E-state index contributed by atoms with van der Waals surface area (Å²) < 4.78 is 10.2. The number of halogens is 1. The third kappa shape index (κ3) is 4.81. The summed E-state index contributed by atoms with van der Waals surface area (Å²) in [6.07, 6.45) is 0. The van der Waals surface area contributed by atoms with Gasteiger partial charge in [0.05, 0.1) is 11.6 Å². The molecule has 5 nitrogen and oxygen atoms in total. The van der Waals surface area contributed by atoms with Crippen molar-refractivity contribution in [1.29, 1.82) is 0 Å². The molecule has 0 saturated carbocycles. The van der Waals surface area contributed by atoms with E-state index in [0.717, 1.165) is 0 Å². The van der Waals surface area contributed by atoms with Gasteiger partial charge in [-0.25, -0.2) is 0 Å². The molecule has 6 heteroatoms. The van der Waals surface area contributed by atoms with Gasteiger partial charge >= 0.3 is 0 Å². The van der Waals surface area contributed by atoms with Crippen molar-refractivity contribution in [2.24, 2.45) is 0 Å². The molecule has 0 aliphatic carbocycles. The second-order valence-electron chi connectivity index (χ2n) is 3.90. The van der Waals surface area contributed by atoms with Crippen LogP contribution in [-0.4, -0.2) is 32.3 Å². The second kappa shape index (κ2) is 7.08. The van der Waals surface area contributed by atoms with Gasteiger partial charge in [-0.15, -0.1) is 0 Å². The summed E-state index contributed by atoms with van der Waals surface area (Å²) in [6, 6.07) is 4.80. The fraction of sp³-hybridized carbons (Fsp3) is 0.417. The minimum Gasteiger partial charge on any atom is -0.482 e. The number of methoxy groups -OCH3 is 1. The standard InChI is InChI=1S/C12H17ClN2O3/c1-8(6-17-2)15-12(16)7-18-11-4-3-9(14)5-10(11)13/h3-5,8H,6-7,14H2,1-2H3,(H,15,16). The Balaban J connectivity index is 2.42. The number of anilines is 1. The molecule has 3 N–H and O–H groups in total. The van der Waals surface area contributed by atoms with Gasteiger partial charge in [0.25, 0.3) is 5.91 Å². The van der Waals surface area contributed by atoms with Crippen molar-refractivity contribution >= 4 is 23.2 Å². The molecule has 0 bridgehead atoms. The first kappa shape index (κ1) is 14.6. The van der Waals surface area contributed by atoms with Crippen LogP contribution in [0.25, 0.3) is 0 Å². The zero-order valence-corrected chi connectivity index (χ0v) is 11.2. The normalized spacial score (nSPS) is 11.9. The van der Waals surface area contributed by atoms with Gasteiger partial charge in [-0.2, -0.15) is 0 Å². The Hall–Kier alpha value is -1.46. The summed E-state index contributed by atoms with van der Waals surface area (Å²) in [6.45, 7) is 2.20. The van der Waals surface area contributed by atoms with E-state index in [0.29, 0.717) is 23.1 Å². The van der Waals surface area contributed by atoms with Gasteiger partial charge < -0.3 is 20.5 Å². The number of nitrogens with two attached hydrogens (primary N) is 1. The van der Waals surface area contributed by atoms with E-state index in [1.165, 1.54) is 0 Å². The van der Waals surface area contributed by atoms with Crippen LogP contribution in [0.5, 0.6) is 5.75 Å². The maximum Gasteiger partial charge on any atom is 0.258 e. The van der Waals surface area contributed by atoms with Crippen LogP contribution in [-0.2, 0) is 9.53 Å². The van der Waals surface area contributed by atoms with Crippen molar-refractivity contribution in [2.75, 3.05) is 26.1 Å². The first-order valence-electron chi connectivity index (χ1n) is 5.49. The number of amides is 1. The lowest BCUT2D eigenvalue weighted by Gasteiger charge is -2.13. The molecule has 0 radical (unpaired) electrons. The number of ether oxygens (including phenoxy) is 2. The summed E-state index contributed by atoms with van der Waals surface area (Å²) in [5.41, 5.74) is 6.10. The summed E-state index contributed by atoms with van der Waals surface area (Å²) in [4.78, 5) is 11.5. The van der Waals surface area contributed by atoms with Gasteiger partial charge in [0.1, 0.15) is 5.75 Å². The lowest BCUT2D eigenvalue weighted by molar-refractivity contribution is -0.124. The lowest BCUT2D eigenvalue weighted by Crippen LogP contribution is -2.38. The smallest absolute Gasteiger partial charge is 0.258 e. The van der Waals surface area contributed by atoms with Crippen LogP contribution in [0.1, 0.15) is 6.92 Å². The fourth-order valence-electron chi connectivity index (χ4n) is 1.39. The Morgan fingerprint density at radius 2 is 2.28 bits per heavy atom. The summed E-state index contributed by atoms with van der Waals surface area (Å²) >= 11 is 5.91. The second-order valence-corrected chi connectivity index (χ2v) is 4.31. The topological polar surface area (TPSA) is 73.6 Å². The Labute approximate surface area is 111 Å². The van der Waals surface area contributed by atoms with Gasteiger partial charge in [-0.05, 0) is 25.1 Å². The Morgan fingerprint density at radius 3 is 2.89 bits per heavy atom. The van der Waals surface area contributed by atoms with E-state index in [1.54, 1.807) is 25.3 Å². The highest BCUT2D eigenvalue weighted by molar-refractivity contribution is 6.32. The molecule has 1 aromatic carbocycles. The molecule has 0 spiro atoms. The molecular weight excluding hydrogens is 256 g/mol. The third-order valence-corrected chi connectivity index (χ3v) is 2.43. The Kier molecular flexibility index (Phi) is 5.74. The van der Waals surface area contributed by atoms with Crippen LogP contribution in [0, 0.1) is 0 Å². The van der Waals surface area contributed by atoms with Crippen LogP contribution < -0.4 is 15.8 Å². The summed E-state index contributed by atoms with van der Waals surface area (Å²) in [7, 11) is 1.58. The summed E-state index contributed by atoms with van der Waals surface area (Å²) in [5, 5.41) is 3.11. The lowest BCUT2D eigenvalue weighted by atomic mass is 10.3. The highest BCUT2D eigenvalue weighted by Gasteiger charge is 2.09. The number of rotatable bonds is 6. The molecule has 0 heterocycles. The molecule has 1 atom stereocenters. The number of benzene rings is 1. The van der Waals surface area contributed by atoms with Crippen LogP contribution >= 0.6 is 11.6 Å². The number of nitrogens with one attached hydrogen (secondary N) is 1. The predicted octanol–water partition coefficient (Wildman–Crippen LogP) is 1.45. The number of hydrogen-bond donors (Lipinski definition) is 2. The van der Waals surface area contributed by atoms with Gasteiger partial charge in [0, 0.05) is 18.8 Å². The van der Waals surface area contributed by atoms with Crippen molar-refractivity contribution in [3.05, 3.63) is 23.2 Å². The molecule has 1 rings (SSSR count). The number of carbonyl (C=O) groups is 1. The van der Waals surface area contributed by atoms with Crippen molar-refractivity contribution in [3.63, 3.8) is 0 Å². The quantitative estimate of drug-likeness (QED) is 0.769. The third-order valence-electron chi connectivity index (χ3n) is 2.14. The maximum absolute atomic E-state index is 11.5. The van der Waals surface area contributed by atoms with E-state index < -0.39 is 0 Å². The molecule has 1 unspecified atom stereocenters. The van der Waals surface area contributed by atoms with Crippen molar-refractivity contribution in [2.45, 2.75) is 13.0 Å². The van der Waals surface area contributed by atoms with E-state index in [1.807, 2.05) is 6.92 Å². The van der Waals surface area contributed by atoms with E-state index in [9.17, 15) is 4.79 Å². The van der Waals surface area contributed by atoms with E-state index >= 15 is 0 Å². The highest BCUT2D eigenvalue weighted by atomic mass is 35.5. The number of carbonyl (C=O) groups excluding carboxylic acids is 1. The van der Waals surface area contributed by atoms with Gasteiger partial charge in [0.2, 0.25) is 0 Å².